The molecule has 1 aliphatic heterocycles. The maximum atomic E-state index is 13.5. The van der Waals surface area contributed by atoms with Gasteiger partial charge in [-0.1, -0.05) is 26.5 Å². The molecule has 1 aromatic carbocycles. The van der Waals surface area contributed by atoms with E-state index in [9.17, 15) is 4.39 Å². The Bertz CT molecular complexity index is 925. The maximum absolute atomic E-state index is 13.5. The van der Waals surface area contributed by atoms with Crippen molar-refractivity contribution in [3.63, 3.8) is 0 Å². The average molecular weight is 427 g/mol. The third kappa shape index (κ3) is 6.21. The predicted octanol–water partition coefficient (Wildman–Crippen LogP) is 5.80. The van der Waals surface area contributed by atoms with Gasteiger partial charge in [-0.15, -0.1) is 0 Å². The van der Waals surface area contributed by atoms with Crippen molar-refractivity contribution >= 4 is 6.08 Å². The van der Waals surface area contributed by atoms with Crippen LogP contribution in [0.4, 0.5) is 4.39 Å². The van der Waals surface area contributed by atoms with Crippen LogP contribution in [-0.4, -0.2) is 35.6 Å². The van der Waals surface area contributed by atoms with E-state index in [1.54, 1.807) is 12.1 Å². The highest BCUT2D eigenvalue weighted by molar-refractivity contribution is 5.73. The molecule has 2 aromatic rings. The molecule has 0 radical (unpaired) electrons. The zero-order valence-electron chi connectivity index (χ0n) is 18.7. The first-order chi connectivity index (χ1) is 14.9. The number of nitrogens with zero attached hydrogens (tertiary/aromatic N) is 2. The summed E-state index contributed by atoms with van der Waals surface area (Å²) in [6.45, 7) is 12.9. The smallest absolute Gasteiger partial charge is 0.147 e. The lowest BCUT2D eigenvalue weighted by molar-refractivity contribution is -0.110. The van der Waals surface area contributed by atoms with Crippen LogP contribution in [0.15, 0.2) is 42.7 Å². The first kappa shape index (κ1) is 23.1. The van der Waals surface area contributed by atoms with E-state index in [2.05, 4.69) is 30.4 Å². The topological polar surface area (TPSA) is 53.5 Å². The second-order valence-corrected chi connectivity index (χ2v) is 7.97. The normalized spacial score (nSPS) is 19.2. The number of hydrogen-bond donors (Lipinski definition) is 0. The van der Waals surface area contributed by atoms with Gasteiger partial charge in [-0.2, -0.15) is 0 Å². The highest BCUT2D eigenvalue weighted by Crippen LogP contribution is 2.31. The van der Waals surface area contributed by atoms with E-state index in [-0.39, 0.29) is 30.7 Å². The molecule has 1 aromatic heterocycles. The quantitative estimate of drug-likeness (QED) is 0.394. The fraction of sp³-hybridized carbons (Fsp3) is 0.440. The SMILES string of the molecule is C=C1CC(OCOCC)CC(/C=C/c2c(-c3ccc(F)cc3)nc(C)nc2C(C)C)O1. The van der Waals surface area contributed by atoms with Crippen molar-refractivity contribution in [3.8, 4) is 11.3 Å². The summed E-state index contributed by atoms with van der Waals surface area (Å²) in [7, 11) is 0. The van der Waals surface area contributed by atoms with Crippen molar-refractivity contribution in [2.75, 3.05) is 13.4 Å². The molecule has 1 aliphatic rings. The van der Waals surface area contributed by atoms with Crippen molar-refractivity contribution in [2.24, 2.45) is 0 Å². The number of hydrogen-bond acceptors (Lipinski definition) is 5. The summed E-state index contributed by atoms with van der Waals surface area (Å²) in [5.41, 5.74) is 3.49. The summed E-state index contributed by atoms with van der Waals surface area (Å²) in [5, 5.41) is 0. The fourth-order valence-corrected chi connectivity index (χ4v) is 3.62. The zero-order valence-corrected chi connectivity index (χ0v) is 18.7. The van der Waals surface area contributed by atoms with Crippen LogP contribution >= 0.6 is 0 Å². The van der Waals surface area contributed by atoms with Crippen LogP contribution < -0.4 is 0 Å². The molecule has 0 spiro atoms. The van der Waals surface area contributed by atoms with Gasteiger partial charge in [-0.05, 0) is 50.1 Å². The molecular weight excluding hydrogens is 395 g/mol. The number of rotatable bonds is 8. The van der Waals surface area contributed by atoms with Crippen LogP contribution in [-0.2, 0) is 14.2 Å². The Labute approximate surface area is 184 Å². The highest BCUT2D eigenvalue weighted by Gasteiger charge is 2.25. The zero-order chi connectivity index (χ0) is 22.4. The van der Waals surface area contributed by atoms with Crippen molar-refractivity contribution in [1.29, 1.82) is 0 Å². The first-order valence-corrected chi connectivity index (χ1v) is 10.7. The van der Waals surface area contributed by atoms with Gasteiger partial charge in [0, 0.05) is 30.6 Å². The Morgan fingerprint density at radius 1 is 1.26 bits per heavy atom. The van der Waals surface area contributed by atoms with Gasteiger partial charge in [0.05, 0.1) is 23.3 Å². The molecule has 1 saturated heterocycles. The van der Waals surface area contributed by atoms with Crippen LogP contribution in [0.3, 0.4) is 0 Å². The highest BCUT2D eigenvalue weighted by atomic mass is 19.1. The van der Waals surface area contributed by atoms with Crippen LogP contribution in [0.25, 0.3) is 17.3 Å². The molecule has 0 amide bonds. The second-order valence-electron chi connectivity index (χ2n) is 7.97. The van der Waals surface area contributed by atoms with E-state index in [1.807, 2.05) is 26.0 Å². The minimum atomic E-state index is -0.275. The Morgan fingerprint density at radius 3 is 2.68 bits per heavy atom. The van der Waals surface area contributed by atoms with Crippen LogP contribution in [0.5, 0.6) is 0 Å². The number of benzene rings is 1. The molecule has 2 unspecified atom stereocenters. The van der Waals surface area contributed by atoms with Gasteiger partial charge in [0.2, 0.25) is 0 Å². The van der Waals surface area contributed by atoms with Crippen molar-refractivity contribution < 1.29 is 18.6 Å². The van der Waals surface area contributed by atoms with Crippen LogP contribution in [0, 0.1) is 12.7 Å². The third-order valence-corrected chi connectivity index (χ3v) is 5.09. The predicted molar refractivity (Wildman–Crippen MR) is 120 cm³/mol. The molecule has 5 nitrogen and oxygen atoms in total. The molecule has 166 valence electrons. The molecule has 3 rings (SSSR count). The van der Waals surface area contributed by atoms with E-state index in [0.717, 1.165) is 22.5 Å². The van der Waals surface area contributed by atoms with Gasteiger partial charge < -0.3 is 14.2 Å². The van der Waals surface area contributed by atoms with E-state index in [4.69, 9.17) is 14.2 Å². The standard InChI is InChI=1S/C25H31FN2O3/c1-6-29-15-30-22-13-17(4)31-21(14-22)11-12-23-24(16(2)3)27-18(5)28-25(23)19-7-9-20(26)10-8-19/h7-12,16,21-22H,4,6,13-15H2,1-3,5H3/b12-11+. The molecule has 0 saturated carbocycles. The van der Waals surface area contributed by atoms with Gasteiger partial charge >= 0.3 is 0 Å². The molecule has 31 heavy (non-hydrogen) atoms. The van der Waals surface area contributed by atoms with Gasteiger partial charge in [0.15, 0.2) is 0 Å². The third-order valence-electron chi connectivity index (χ3n) is 5.09. The number of ether oxygens (including phenoxy) is 3. The largest absolute Gasteiger partial charge is 0.491 e. The Morgan fingerprint density at radius 2 is 2.00 bits per heavy atom. The van der Waals surface area contributed by atoms with Crippen LogP contribution in [0.2, 0.25) is 0 Å². The number of halogens is 1. The monoisotopic (exact) mass is 426 g/mol. The summed E-state index contributed by atoms with van der Waals surface area (Å²) >= 11 is 0. The lowest BCUT2D eigenvalue weighted by Gasteiger charge is -2.30. The molecule has 6 heteroatoms. The summed E-state index contributed by atoms with van der Waals surface area (Å²) < 4.78 is 30.5. The minimum Gasteiger partial charge on any atom is -0.491 e. The van der Waals surface area contributed by atoms with Crippen molar-refractivity contribution in [3.05, 3.63) is 65.6 Å². The Kier molecular flexibility index (Phi) is 7.93. The van der Waals surface area contributed by atoms with Gasteiger partial charge in [0.1, 0.15) is 24.5 Å². The first-order valence-electron chi connectivity index (χ1n) is 10.7. The van der Waals surface area contributed by atoms with E-state index in [1.165, 1.54) is 12.1 Å². The van der Waals surface area contributed by atoms with E-state index in [0.29, 0.717) is 31.0 Å². The van der Waals surface area contributed by atoms with Crippen molar-refractivity contribution in [1.82, 2.24) is 9.97 Å². The molecule has 1 fully saturated rings. The van der Waals surface area contributed by atoms with Crippen molar-refractivity contribution in [2.45, 2.75) is 58.7 Å². The van der Waals surface area contributed by atoms with Crippen LogP contribution in [0.1, 0.15) is 56.6 Å². The summed E-state index contributed by atoms with van der Waals surface area (Å²) in [6.07, 6.45) is 5.21. The molecule has 0 bridgehead atoms. The lowest BCUT2D eigenvalue weighted by Crippen LogP contribution is -2.29. The molecule has 2 atom stereocenters. The lowest BCUT2D eigenvalue weighted by atomic mass is 9.96. The molecular formula is C25H31FN2O3. The van der Waals surface area contributed by atoms with Gasteiger partial charge in [-0.3, -0.25) is 0 Å². The average Bonchev–Trinajstić information content (AvgIpc) is 2.72. The second kappa shape index (κ2) is 10.6. The summed E-state index contributed by atoms with van der Waals surface area (Å²) in [5.74, 6) is 1.31. The van der Waals surface area contributed by atoms with E-state index >= 15 is 0 Å². The summed E-state index contributed by atoms with van der Waals surface area (Å²) in [4.78, 5) is 9.36. The van der Waals surface area contributed by atoms with Gasteiger partial charge in [-0.25, -0.2) is 14.4 Å². The maximum Gasteiger partial charge on any atom is 0.147 e. The molecule has 2 heterocycles. The Hall–Kier alpha value is -2.57. The Balaban J connectivity index is 1.91. The minimum absolute atomic E-state index is 0.00199. The molecule has 0 aliphatic carbocycles. The van der Waals surface area contributed by atoms with E-state index < -0.39 is 0 Å². The summed E-state index contributed by atoms with van der Waals surface area (Å²) in [6, 6.07) is 6.39. The number of aromatic nitrogens is 2. The fourth-order valence-electron chi connectivity index (χ4n) is 3.62. The molecule has 0 N–H and O–H groups in total. The van der Waals surface area contributed by atoms with Gasteiger partial charge in [0.25, 0.3) is 0 Å². The number of aryl methyl sites for hydroxylation is 1.